The molecule has 1 aromatic heterocycles. The van der Waals surface area contributed by atoms with Crippen molar-refractivity contribution < 1.29 is 14.7 Å². The molecule has 0 spiro atoms. The summed E-state index contributed by atoms with van der Waals surface area (Å²) in [6, 6.07) is 9.35. The van der Waals surface area contributed by atoms with Crippen molar-refractivity contribution in [2.75, 3.05) is 26.2 Å². The fourth-order valence-electron chi connectivity index (χ4n) is 2.31. The highest BCUT2D eigenvalue weighted by atomic mass is 16.3. The average molecular weight is 303 g/mol. The number of fused-ring (bicyclic) bond motifs is 1. The van der Waals surface area contributed by atoms with E-state index in [0.29, 0.717) is 12.2 Å². The van der Waals surface area contributed by atoms with E-state index in [0.717, 1.165) is 17.3 Å². The van der Waals surface area contributed by atoms with Crippen molar-refractivity contribution in [2.24, 2.45) is 0 Å². The Morgan fingerprint density at radius 2 is 2.05 bits per heavy atom. The summed E-state index contributed by atoms with van der Waals surface area (Å²) in [5.74, 6) is -0.509. The number of carbonyl (C=O) groups excluding carboxylic acids is 2. The molecule has 0 aliphatic heterocycles. The number of nitrogens with one attached hydrogen (secondary N) is 2. The molecule has 0 aliphatic carbocycles. The van der Waals surface area contributed by atoms with Gasteiger partial charge in [-0.15, -0.1) is 0 Å². The van der Waals surface area contributed by atoms with Gasteiger partial charge in [0.1, 0.15) is 5.69 Å². The topological polar surface area (TPSA) is 85.4 Å². The van der Waals surface area contributed by atoms with E-state index in [-0.39, 0.29) is 31.5 Å². The Kier molecular flexibility index (Phi) is 5.55. The van der Waals surface area contributed by atoms with Gasteiger partial charge in [-0.2, -0.15) is 0 Å². The first-order chi connectivity index (χ1) is 10.7. The average Bonchev–Trinajstić information content (AvgIpc) is 2.96. The lowest BCUT2D eigenvalue weighted by Crippen LogP contribution is -2.41. The van der Waals surface area contributed by atoms with E-state index >= 15 is 0 Å². The zero-order chi connectivity index (χ0) is 15.9. The van der Waals surface area contributed by atoms with Gasteiger partial charge in [0.2, 0.25) is 5.91 Å². The Morgan fingerprint density at radius 3 is 2.73 bits per heavy atom. The number of rotatable bonds is 7. The van der Waals surface area contributed by atoms with Gasteiger partial charge in [0.15, 0.2) is 0 Å². The first-order valence-corrected chi connectivity index (χ1v) is 7.40. The lowest BCUT2D eigenvalue weighted by molar-refractivity contribution is -0.130. The standard InChI is InChI=1S/C16H21N3O3/c1-2-7-19(8-9-20)15(21)11-17-16(22)14-10-12-5-3-4-6-13(12)18-14/h3-6,10,18,20H,2,7-9,11H2,1H3,(H,17,22). The number of nitrogens with zero attached hydrogens (tertiary/aromatic N) is 1. The van der Waals surface area contributed by atoms with Crippen molar-refractivity contribution in [3.8, 4) is 0 Å². The van der Waals surface area contributed by atoms with Crippen molar-refractivity contribution in [1.29, 1.82) is 0 Å². The molecule has 6 nitrogen and oxygen atoms in total. The second-order valence-electron chi connectivity index (χ2n) is 5.06. The molecule has 22 heavy (non-hydrogen) atoms. The minimum Gasteiger partial charge on any atom is -0.395 e. The maximum Gasteiger partial charge on any atom is 0.268 e. The van der Waals surface area contributed by atoms with E-state index in [1.807, 2.05) is 31.2 Å². The van der Waals surface area contributed by atoms with E-state index in [2.05, 4.69) is 10.3 Å². The summed E-state index contributed by atoms with van der Waals surface area (Å²) in [6.45, 7) is 2.66. The Labute approximate surface area is 129 Å². The van der Waals surface area contributed by atoms with Gasteiger partial charge in [0.25, 0.3) is 5.91 Å². The van der Waals surface area contributed by atoms with Gasteiger partial charge < -0.3 is 20.3 Å². The zero-order valence-electron chi connectivity index (χ0n) is 12.6. The van der Waals surface area contributed by atoms with Gasteiger partial charge in [-0.05, 0) is 18.6 Å². The Morgan fingerprint density at radius 1 is 1.27 bits per heavy atom. The molecular formula is C16H21N3O3. The smallest absolute Gasteiger partial charge is 0.268 e. The monoisotopic (exact) mass is 303 g/mol. The number of aliphatic hydroxyl groups is 1. The summed E-state index contributed by atoms with van der Waals surface area (Å²) in [5.41, 5.74) is 1.31. The molecule has 1 aromatic carbocycles. The van der Waals surface area contributed by atoms with Crippen LogP contribution in [0.3, 0.4) is 0 Å². The normalized spacial score (nSPS) is 10.6. The molecule has 0 fully saturated rings. The predicted octanol–water partition coefficient (Wildman–Crippen LogP) is 1.13. The highest BCUT2D eigenvalue weighted by Crippen LogP contribution is 2.14. The van der Waals surface area contributed by atoms with Gasteiger partial charge in [-0.1, -0.05) is 25.1 Å². The van der Waals surface area contributed by atoms with Gasteiger partial charge in [0.05, 0.1) is 13.2 Å². The minimum atomic E-state index is -0.315. The number of aromatic amines is 1. The van der Waals surface area contributed by atoms with Crippen LogP contribution in [0.25, 0.3) is 10.9 Å². The third-order valence-electron chi connectivity index (χ3n) is 3.39. The van der Waals surface area contributed by atoms with E-state index in [9.17, 15) is 9.59 Å². The number of benzene rings is 1. The van der Waals surface area contributed by atoms with Crippen molar-refractivity contribution in [2.45, 2.75) is 13.3 Å². The molecule has 0 bridgehead atoms. The van der Waals surface area contributed by atoms with Crippen molar-refractivity contribution in [1.82, 2.24) is 15.2 Å². The molecule has 2 rings (SSSR count). The molecule has 3 N–H and O–H groups in total. The first-order valence-electron chi connectivity index (χ1n) is 7.40. The lowest BCUT2D eigenvalue weighted by atomic mass is 10.2. The number of amides is 2. The molecule has 0 unspecified atom stereocenters. The van der Waals surface area contributed by atoms with E-state index < -0.39 is 0 Å². The van der Waals surface area contributed by atoms with Gasteiger partial charge in [-0.25, -0.2) is 0 Å². The van der Waals surface area contributed by atoms with Gasteiger partial charge in [-0.3, -0.25) is 9.59 Å². The largest absolute Gasteiger partial charge is 0.395 e. The van der Waals surface area contributed by atoms with Crippen LogP contribution in [-0.2, 0) is 4.79 Å². The fourth-order valence-corrected chi connectivity index (χ4v) is 2.31. The zero-order valence-corrected chi connectivity index (χ0v) is 12.6. The summed E-state index contributed by atoms with van der Waals surface area (Å²) in [5, 5.41) is 12.5. The second-order valence-corrected chi connectivity index (χ2v) is 5.06. The van der Waals surface area contributed by atoms with E-state index in [4.69, 9.17) is 5.11 Å². The fraction of sp³-hybridized carbons (Fsp3) is 0.375. The molecule has 0 radical (unpaired) electrons. The Bertz CT molecular complexity index is 612. The van der Waals surface area contributed by atoms with Crippen LogP contribution in [0.1, 0.15) is 23.8 Å². The molecule has 0 aliphatic rings. The van der Waals surface area contributed by atoms with E-state index in [1.165, 1.54) is 0 Å². The maximum absolute atomic E-state index is 12.1. The minimum absolute atomic E-state index is 0.0752. The van der Waals surface area contributed by atoms with Crippen LogP contribution < -0.4 is 5.32 Å². The Balaban J connectivity index is 1.95. The Hall–Kier alpha value is -2.34. The molecule has 2 aromatic rings. The van der Waals surface area contributed by atoms with Crippen LogP contribution in [0.4, 0.5) is 0 Å². The number of hydrogen-bond acceptors (Lipinski definition) is 3. The van der Waals surface area contributed by atoms with Crippen LogP contribution in [0.15, 0.2) is 30.3 Å². The number of carbonyl (C=O) groups is 2. The summed E-state index contributed by atoms with van der Waals surface area (Å²) in [6.07, 6.45) is 0.807. The number of H-pyrrole nitrogens is 1. The highest BCUT2D eigenvalue weighted by molar-refractivity contribution is 5.99. The third-order valence-corrected chi connectivity index (χ3v) is 3.39. The number of para-hydroxylation sites is 1. The third kappa shape index (κ3) is 3.85. The molecule has 0 saturated heterocycles. The summed E-state index contributed by atoms with van der Waals surface area (Å²) in [7, 11) is 0. The molecule has 1 heterocycles. The predicted molar refractivity (Wildman–Crippen MR) is 84.6 cm³/mol. The van der Waals surface area contributed by atoms with Crippen molar-refractivity contribution in [3.05, 3.63) is 36.0 Å². The summed E-state index contributed by atoms with van der Waals surface area (Å²) >= 11 is 0. The molecule has 2 amide bonds. The molecule has 0 saturated carbocycles. The summed E-state index contributed by atoms with van der Waals surface area (Å²) in [4.78, 5) is 28.7. The maximum atomic E-state index is 12.1. The van der Waals surface area contributed by atoms with Crippen molar-refractivity contribution >= 4 is 22.7 Å². The van der Waals surface area contributed by atoms with Crippen molar-refractivity contribution in [3.63, 3.8) is 0 Å². The van der Waals surface area contributed by atoms with Gasteiger partial charge >= 0.3 is 0 Å². The molecule has 118 valence electrons. The SMILES string of the molecule is CCCN(CCO)C(=O)CNC(=O)c1cc2ccccc2[nH]1. The van der Waals surface area contributed by atoms with Crippen LogP contribution >= 0.6 is 0 Å². The number of aromatic nitrogens is 1. The number of aliphatic hydroxyl groups excluding tert-OH is 1. The first kappa shape index (κ1) is 16.0. The van der Waals surface area contributed by atoms with Crippen LogP contribution in [-0.4, -0.2) is 53.0 Å². The molecule has 6 heteroatoms. The van der Waals surface area contributed by atoms with Crippen LogP contribution in [0.5, 0.6) is 0 Å². The molecule has 0 atom stereocenters. The van der Waals surface area contributed by atoms with Gasteiger partial charge in [0, 0.05) is 24.0 Å². The quantitative estimate of drug-likeness (QED) is 0.717. The molecular weight excluding hydrogens is 282 g/mol. The van der Waals surface area contributed by atoms with Crippen LogP contribution in [0.2, 0.25) is 0 Å². The summed E-state index contributed by atoms with van der Waals surface area (Å²) < 4.78 is 0. The van der Waals surface area contributed by atoms with Crippen LogP contribution in [0, 0.1) is 0 Å². The number of hydrogen-bond donors (Lipinski definition) is 3. The second kappa shape index (κ2) is 7.61. The van der Waals surface area contributed by atoms with E-state index in [1.54, 1.807) is 11.0 Å². The lowest BCUT2D eigenvalue weighted by Gasteiger charge is -2.21. The highest BCUT2D eigenvalue weighted by Gasteiger charge is 2.15.